The first-order valence-electron chi connectivity index (χ1n) is 19.9. The van der Waals surface area contributed by atoms with Crippen LogP contribution in [-0.2, 0) is 11.2 Å². The van der Waals surface area contributed by atoms with Crippen LogP contribution in [0, 0.1) is 0 Å². The van der Waals surface area contributed by atoms with Crippen molar-refractivity contribution in [3.8, 4) is 11.3 Å². The molecular formula is C45H57N7O5. The molecular weight excluding hydrogens is 719 g/mol. The molecule has 0 fully saturated rings. The normalized spacial score (nSPS) is 13.5. The van der Waals surface area contributed by atoms with Crippen LogP contribution in [0.25, 0.3) is 11.3 Å². The molecule has 0 bridgehead atoms. The van der Waals surface area contributed by atoms with Gasteiger partial charge in [0.1, 0.15) is 5.60 Å². The molecule has 0 spiro atoms. The van der Waals surface area contributed by atoms with Gasteiger partial charge in [-0.05, 0) is 127 Å². The minimum Gasteiger partial charge on any atom is -0.444 e. The molecule has 5 rings (SSSR count). The third-order valence-corrected chi connectivity index (χ3v) is 9.89. The van der Waals surface area contributed by atoms with E-state index in [1.54, 1.807) is 54.5 Å². The summed E-state index contributed by atoms with van der Waals surface area (Å²) in [5.74, 6) is -0.769. The number of aromatic nitrogens is 1. The van der Waals surface area contributed by atoms with E-state index in [1.165, 1.54) is 5.56 Å². The number of aryl methyl sites for hydroxylation is 1. The van der Waals surface area contributed by atoms with E-state index in [0.717, 1.165) is 43.6 Å². The molecule has 1 aliphatic carbocycles. The number of pyridine rings is 1. The zero-order valence-electron chi connectivity index (χ0n) is 34.1. The van der Waals surface area contributed by atoms with Gasteiger partial charge in [0.15, 0.2) is 0 Å². The van der Waals surface area contributed by atoms with Gasteiger partial charge in [-0.25, -0.2) is 4.79 Å². The lowest BCUT2D eigenvalue weighted by molar-refractivity contribution is 0.0526. The second-order valence-corrected chi connectivity index (χ2v) is 15.2. The molecule has 4 N–H and O–H groups in total. The molecule has 1 aliphatic rings. The first kappa shape index (κ1) is 42.4. The van der Waals surface area contributed by atoms with E-state index in [4.69, 9.17) is 4.74 Å². The maximum atomic E-state index is 13.8. The van der Waals surface area contributed by atoms with E-state index in [2.05, 4.69) is 57.1 Å². The summed E-state index contributed by atoms with van der Waals surface area (Å²) in [6, 6.07) is 24.2. The molecule has 57 heavy (non-hydrogen) atoms. The second-order valence-electron chi connectivity index (χ2n) is 15.2. The van der Waals surface area contributed by atoms with Gasteiger partial charge in [-0.3, -0.25) is 19.4 Å². The van der Waals surface area contributed by atoms with Crippen LogP contribution in [0.3, 0.4) is 0 Å². The fourth-order valence-electron chi connectivity index (χ4n) is 6.90. The number of benzene rings is 3. The number of anilines is 2. The average molecular weight is 776 g/mol. The summed E-state index contributed by atoms with van der Waals surface area (Å²) >= 11 is 0. The largest absolute Gasteiger partial charge is 0.444 e. The van der Waals surface area contributed by atoms with Gasteiger partial charge in [0.2, 0.25) is 0 Å². The predicted octanol–water partition coefficient (Wildman–Crippen LogP) is 7.23. The number of hydrogen-bond acceptors (Lipinski definition) is 8. The fraction of sp³-hybridized carbons (Fsp3) is 0.400. The molecule has 1 atom stereocenters. The van der Waals surface area contributed by atoms with Gasteiger partial charge in [0.05, 0.1) is 17.4 Å². The van der Waals surface area contributed by atoms with Crippen LogP contribution in [-0.4, -0.2) is 85.6 Å². The molecule has 0 saturated carbocycles. The van der Waals surface area contributed by atoms with Crippen LogP contribution in [0.1, 0.15) is 102 Å². The van der Waals surface area contributed by atoms with Crippen molar-refractivity contribution in [2.75, 3.05) is 56.5 Å². The van der Waals surface area contributed by atoms with E-state index in [1.807, 2.05) is 51.1 Å². The topological polar surface area (TPSA) is 145 Å². The van der Waals surface area contributed by atoms with Crippen molar-refractivity contribution in [2.24, 2.45) is 0 Å². The number of amides is 4. The molecule has 4 amide bonds. The molecule has 302 valence electrons. The molecule has 0 saturated heterocycles. The number of rotatable bonds is 16. The lowest BCUT2D eigenvalue weighted by atomic mass is 9.87. The second kappa shape index (κ2) is 19.9. The minimum atomic E-state index is -0.542. The number of nitrogens with one attached hydrogen (secondary N) is 4. The predicted molar refractivity (Wildman–Crippen MR) is 226 cm³/mol. The monoisotopic (exact) mass is 775 g/mol. The summed E-state index contributed by atoms with van der Waals surface area (Å²) in [5, 5.41) is 12.3. The number of alkyl carbamates (subject to hydrolysis) is 1. The Morgan fingerprint density at radius 1 is 0.842 bits per heavy atom. The van der Waals surface area contributed by atoms with Crippen molar-refractivity contribution < 1.29 is 23.9 Å². The first-order valence-corrected chi connectivity index (χ1v) is 19.9. The third-order valence-electron chi connectivity index (χ3n) is 9.89. The number of hydrogen-bond donors (Lipinski definition) is 4. The summed E-state index contributed by atoms with van der Waals surface area (Å²) in [6.07, 6.45) is 4.79. The fourth-order valence-corrected chi connectivity index (χ4v) is 6.90. The van der Waals surface area contributed by atoms with Gasteiger partial charge in [-0.2, -0.15) is 0 Å². The van der Waals surface area contributed by atoms with Crippen LogP contribution in [0.15, 0.2) is 85.1 Å². The number of ether oxygens (including phenoxy) is 1. The standard InChI is InChI=1S/C45H57N7O5/c1-7-52(8-2)35-20-21-39(37(30-35)40-29-33(22-25-47-40)42(54)49-38-19-12-15-31-14-9-10-18-36(31)38)50-41(53)32-16-11-17-34(28-32)43(55)51(6)27-26-46-23-13-24-48-44(56)57-45(3,4)5/h9-11,14,16-18,20-22,25,28-30,38,46H,7-8,12-13,15,19,23-24,26-27H2,1-6H3,(H,48,56)(H,49,54)(H,50,53)/t38-/m0/s1. The maximum absolute atomic E-state index is 13.8. The number of nitrogens with zero attached hydrogens (tertiary/aromatic N) is 3. The Balaban J connectivity index is 1.25. The lowest BCUT2D eigenvalue weighted by Crippen LogP contribution is -2.36. The Labute approximate surface area is 336 Å². The van der Waals surface area contributed by atoms with E-state index < -0.39 is 11.7 Å². The summed E-state index contributed by atoms with van der Waals surface area (Å²) in [7, 11) is 1.72. The quantitative estimate of drug-likeness (QED) is 0.0873. The van der Waals surface area contributed by atoms with Crippen molar-refractivity contribution >= 4 is 35.2 Å². The van der Waals surface area contributed by atoms with E-state index in [0.29, 0.717) is 66.2 Å². The van der Waals surface area contributed by atoms with Crippen LogP contribution in [0.5, 0.6) is 0 Å². The van der Waals surface area contributed by atoms with Crippen molar-refractivity contribution in [1.82, 2.24) is 25.8 Å². The molecule has 0 radical (unpaired) electrons. The Bertz CT molecular complexity index is 2020. The Kier molecular flexibility index (Phi) is 14.8. The highest BCUT2D eigenvalue weighted by Crippen LogP contribution is 2.33. The number of likely N-dealkylation sites (N-methyl/N-ethyl adjacent to an activating group) is 1. The highest BCUT2D eigenvalue weighted by molar-refractivity contribution is 6.08. The Morgan fingerprint density at radius 2 is 1.60 bits per heavy atom. The smallest absolute Gasteiger partial charge is 0.407 e. The van der Waals surface area contributed by atoms with Crippen molar-refractivity contribution in [1.29, 1.82) is 0 Å². The number of fused-ring (bicyclic) bond motifs is 1. The molecule has 1 aromatic heterocycles. The molecule has 0 aliphatic heterocycles. The molecule has 1 heterocycles. The van der Waals surface area contributed by atoms with Gasteiger partial charge in [0.25, 0.3) is 17.7 Å². The van der Waals surface area contributed by atoms with Crippen LogP contribution < -0.4 is 26.2 Å². The van der Waals surface area contributed by atoms with Gasteiger partial charge >= 0.3 is 6.09 Å². The Hall–Kier alpha value is -5.75. The van der Waals surface area contributed by atoms with E-state index >= 15 is 0 Å². The van der Waals surface area contributed by atoms with Crippen LogP contribution in [0.4, 0.5) is 16.2 Å². The SMILES string of the molecule is CCN(CC)c1ccc(NC(=O)c2cccc(C(=O)N(C)CCNCCCNC(=O)OC(C)(C)C)c2)c(-c2cc(C(=O)N[C@H]3CCCc4ccccc43)ccn2)c1. The molecule has 12 nitrogen and oxygen atoms in total. The van der Waals surface area contributed by atoms with E-state index in [9.17, 15) is 19.2 Å². The molecule has 12 heteroatoms. The Morgan fingerprint density at radius 3 is 2.37 bits per heavy atom. The summed E-state index contributed by atoms with van der Waals surface area (Å²) in [5.41, 5.74) is 5.81. The van der Waals surface area contributed by atoms with Crippen molar-refractivity contribution in [2.45, 2.75) is 71.9 Å². The van der Waals surface area contributed by atoms with Gasteiger partial charge in [-0.15, -0.1) is 0 Å². The molecule has 3 aromatic carbocycles. The van der Waals surface area contributed by atoms with Gasteiger partial charge < -0.3 is 35.8 Å². The zero-order chi connectivity index (χ0) is 41.0. The van der Waals surface area contributed by atoms with Gasteiger partial charge in [-0.1, -0.05) is 30.3 Å². The summed E-state index contributed by atoms with van der Waals surface area (Å²) in [6.45, 7) is 13.4. The minimum absolute atomic E-state index is 0.0646. The number of carbonyl (C=O) groups is 4. The number of carbonyl (C=O) groups excluding carboxylic acids is 4. The molecule has 0 unspecified atom stereocenters. The summed E-state index contributed by atoms with van der Waals surface area (Å²) in [4.78, 5) is 61.1. The highest BCUT2D eigenvalue weighted by atomic mass is 16.6. The van der Waals surface area contributed by atoms with Gasteiger partial charge in [0, 0.05) is 73.9 Å². The van der Waals surface area contributed by atoms with Crippen molar-refractivity contribution in [3.05, 3.63) is 113 Å². The average Bonchev–Trinajstić information content (AvgIpc) is 3.20. The zero-order valence-corrected chi connectivity index (χ0v) is 34.1. The molecule has 4 aromatic rings. The highest BCUT2D eigenvalue weighted by Gasteiger charge is 2.23. The van der Waals surface area contributed by atoms with E-state index in [-0.39, 0.29) is 23.8 Å². The summed E-state index contributed by atoms with van der Waals surface area (Å²) < 4.78 is 5.24. The lowest BCUT2D eigenvalue weighted by Gasteiger charge is -2.26. The third kappa shape index (κ3) is 11.9. The first-order chi connectivity index (χ1) is 27.4. The maximum Gasteiger partial charge on any atom is 0.407 e. The van der Waals surface area contributed by atoms with Crippen molar-refractivity contribution in [3.63, 3.8) is 0 Å². The van der Waals surface area contributed by atoms with Crippen LogP contribution >= 0.6 is 0 Å². The van der Waals surface area contributed by atoms with Crippen LogP contribution in [0.2, 0.25) is 0 Å².